The summed E-state index contributed by atoms with van der Waals surface area (Å²) in [6.07, 6.45) is 1.66. The standard InChI is InChI=1S/C9H17NO/c1-7(2)6-8(11)9(3,4)10-5/h6,10H,1-5H3. The lowest BCUT2D eigenvalue weighted by Crippen LogP contribution is -2.43. The van der Waals surface area contributed by atoms with Crippen molar-refractivity contribution >= 4 is 5.78 Å². The van der Waals surface area contributed by atoms with Crippen LogP contribution in [0.15, 0.2) is 11.6 Å². The van der Waals surface area contributed by atoms with Crippen LogP contribution >= 0.6 is 0 Å². The van der Waals surface area contributed by atoms with E-state index >= 15 is 0 Å². The molecular weight excluding hydrogens is 138 g/mol. The molecule has 2 heteroatoms. The Hall–Kier alpha value is -0.630. The number of rotatable bonds is 3. The van der Waals surface area contributed by atoms with Crippen molar-refractivity contribution in [3.8, 4) is 0 Å². The maximum atomic E-state index is 11.4. The van der Waals surface area contributed by atoms with Gasteiger partial charge in [-0.2, -0.15) is 0 Å². The second-order valence-electron chi connectivity index (χ2n) is 3.46. The maximum absolute atomic E-state index is 11.4. The van der Waals surface area contributed by atoms with Crippen molar-refractivity contribution in [1.29, 1.82) is 0 Å². The number of hydrogen-bond donors (Lipinski definition) is 1. The number of carbonyl (C=O) groups excluding carboxylic acids is 1. The van der Waals surface area contributed by atoms with E-state index in [1.807, 2.05) is 27.7 Å². The second kappa shape index (κ2) is 3.67. The molecule has 0 aromatic rings. The third-order valence-electron chi connectivity index (χ3n) is 1.66. The monoisotopic (exact) mass is 155 g/mol. The number of nitrogens with one attached hydrogen (secondary N) is 1. The molecule has 0 saturated heterocycles. The summed E-state index contributed by atoms with van der Waals surface area (Å²) in [7, 11) is 1.79. The zero-order valence-electron chi connectivity index (χ0n) is 7.99. The smallest absolute Gasteiger partial charge is 0.175 e. The first-order valence-electron chi connectivity index (χ1n) is 3.78. The lowest BCUT2D eigenvalue weighted by molar-refractivity contribution is -0.119. The van der Waals surface area contributed by atoms with E-state index in [9.17, 15) is 4.79 Å². The van der Waals surface area contributed by atoms with Crippen LogP contribution < -0.4 is 5.32 Å². The maximum Gasteiger partial charge on any atom is 0.175 e. The van der Waals surface area contributed by atoms with Crippen LogP contribution in [0.4, 0.5) is 0 Å². The van der Waals surface area contributed by atoms with Gasteiger partial charge in [0.15, 0.2) is 5.78 Å². The van der Waals surface area contributed by atoms with Gasteiger partial charge in [-0.3, -0.25) is 4.79 Å². The van der Waals surface area contributed by atoms with Crippen molar-refractivity contribution in [2.24, 2.45) is 0 Å². The molecule has 64 valence electrons. The first-order valence-corrected chi connectivity index (χ1v) is 3.78. The Labute approximate surface area is 68.7 Å². The summed E-state index contributed by atoms with van der Waals surface area (Å²) < 4.78 is 0. The van der Waals surface area contributed by atoms with Gasteiger partial charge in [-0.15, -0.1) is 0 Å². The number of hydrogen-bond acceptors (Lipinski definition) is 2. The van der Waals surface area contributed by atoms with Crippen molar-refractivity contribution in [1.82, 2.24) is 5.32 Å². The zero-order valence-corrected chi connectivity index (χ0v) is 7.99. The van der Waals surface area contributed by atoms with E-state index in [-0.39, 0.29) is 5.78 Å². The van der Waals surface area contributed by atoms with E-state index in [2.05, 4.69) is 5.32 Å². The minimum absolute atomic E-state index is 0.125. The highest BCUT2D eigenvalue weighted by molar-refractivity contribution is 5.97. The van der Waals surface area contributed by atoms with E-state index in [1.54, 1.807) is 13.1 Å². The van der Waals surface area contributed by atoms with E-state index in [4.69, 9.17) is 0 Å². The molecule has 0 aromatic carbocycles. The summed E-state index contributed by atoms with van der Waals surface area (Å²) in [5.74, 6) is 0.125. The molecule has 0 aliphatic rings. The lowest BCUT2D eigenvalue weighted by Gasteiger charge is -2.20. The van der Waals surface area contributed by atoms with Crippen LogP contribution in [0.3, 0.4) is 0 Å². The van der Waals surface area contributed by atoms with Gasteiger partial charge in [0, 0.05) is 0 Å². The fourth-order valence-electron chi connectivity index (χ4n) is 0.566. The lowest BCUT2D eigenvalue weighted by atomic mass is 9.98. The summed E-state index contributed by atoms with van der Waals surface area (Å²) in [5, 5.41) is 2.95. The molecule has 1 N–H and O–H groups in total. The quantitative estimate of drug-likeness (QED) is 0.626. The molecular formula is C9H17NO. The van der Waals surface area contributed by atoms with Crippen molar-refractivity contribution < 1.29 is 4.79 Å². The van der Waals surface area contributed by atoms with E-state index in [0.29, 0.717) is 0 Å². The van der Waals surface area contributed by atoms with Crippen LogP contribution in [-0.4, -0.2) is 18.4 Å². The fourth-order valence-corrected chi connectivity index (χ4v) is 0.566. The first kappa shape index (κ1) is 10.4. The summed E-state index contributed by atoms with van der Waals surface area (Å²) in [4.78, 5) is 11.4. The van der Waals surface area contributed by atoms with Gasteiger partial charge in [0.2, 0.25) is 0 Å². The molecule has 0 rings (SSSR count). The van der Waals surface area contributed by atoms with Crippen molar-refractivity contribution in [2.75, 3.05) is 7.05 Å². The minimum Gasteiger partial charge on any atom is -0.308 e. The van der Waals surface area contributed by atoms with Crippen LogP contribution in [0, 0.1) is 0 Å². The Balaban J connectivity index is 4.37. The van der Waals surface area contributed by atoms with Crippen molar-refractivity contribution in [2.45, 2.75) is 33.2 Å². The van der Waals surface area contributed by atoms with Gasteiger partial charge in [-0.05, 0) is 40.8 Å². The molecule has 0 amide bonds. The number of likely N-dealkylation sites (N-methyl/N-ethyl adjacent to an activating group) is 1. The summed E-state index contributed by atoms with van der Waals surface area (Å²) >= 11 is 0. The predicted octanol–water partition coefficient (Wildman–Crippen LogP) is 1.52. The molecule has 0 atom stereocenters. The molecule has 0 bridgehead atoms. The van der Waals surface area contributed by atoms with Crippen LogP contribution in [0.1, 0.15) is 27.7 Å². The molecule has 0 unspecified atom stereocenters. The highest BCUT2D eigenvalue weighted by Crippen LogP contribution is 2.05. The molecule has 0 spiro atoms. The van der Waals surface area contributed by atoms with E-state index in [1.165, 1.54) is 0 Å². The van der Waals surface area contributed by atoms with E-state index in [0.717, 1.165) is 5.57 Å². The number of ketones is 1. The zero-order chi connectivity index (χ0) is 9.07. The second-order valence-corrected chi connectivity index (χ2v) is 3.46. The summed E-state index contributed by atoms with van der Waals surface area (Å²) in [6, 6.07) is 0. The Morgan fingerprint density at radius 3 is 2.09 bits per heavy atom. The largest absolute Gasteiger partial charge is 0.308 e. The van der Waals surface area contributed by atoms with E-state index < -0.39 is 5.54 Å². The normalized spacial score (nSPS) is 11.0. The Morgan fingerprint density at radius 2 is 1.82 bits per heavy atom. The summed E-state index contributed by atoms with van der Waals surface area (Å²) in [5.41, 5.74) is 0.607. The highest BCUT2D eigenvalue weighted by Gasteiger charge is 2.22. The van der Waals surface area contributed by atoms with Crippen molar-refractivity contribution in [3.05, 3.63) is 11.6 Å². The van der Waals surface area contributed by atoms with Gasteiger partial charge in [0.1, 0.15) is 0 Å². The summed E-state index contributed by atoms with van der Waals surface area (Å²) in [6.45, 7) is 7.58. The minimum atomic E-state index is -0.433. The van der Waals surface area contributed by atoms with Gasteiger partial charge < -0.3 is 5.32 Å². The van der Waals surface area contributed by atoms with Crippen LogP contribution in [-0.2, 0) is 4.79 Å². The Bertz CT molecular complexity index is 176. The predicted molar refractivity (Wildman–Crippen MR) is 47.6 cm³/mol. The van der Waals surface area contributed by atoms with Crippen LogP contribution in [0.5, 0.6) is 0 Å². The number of carbonyl (C=O) groups is 1. The molecule has 0 radical (unpaired) electrons. The molecule has 0 saturated carbocycles. The van der Waals surface area contributed by atoms with Crippen LogP contribution in [0.2, 0.25) is 0 Å². The molecule has 2 nitrogen and oxygen atoms in total. The molecule has 0 aliphatic heterocycles. The Morgan fingerprint density at radius 1 is 1.36 bits per heavy atom. The molecule has 0 aromatic heterocycles. The third-order valence-corrected chi connectivity index (χ3v) is 1.66. The topological polar surface area (TPSA) is 29.1 Å². The SMILES string of the molecule is CNC(C)(C)C(=O)C=C(C)C. The highest BCUT2D eigenvalue weighted by atomic mass is 16.1. The van der Waals surface area contributed by atoms with Gasteiger partial charge in [0.25, 0.3) is 0 Å². The number of allylic oxidation sites excluding steroid dienone is 1. The Kier molecular flexibility index (Phi) is 3.46. The fraction of sp³-hybridized carbons (Fsp3) is 0.667. The third kappa shape index (κ3) is 3.33. The van der Waals surface area contributed by atoms with Crippen molar-refractivity contribution in [3.63, 3.8) is 0 Å². The van der Waals surface area contributed by atoms with Crippen LogP contribution in [0.25, 0.3) is 0 Å². The molecule has 0 aliphatic carbocycles. The average Bonchev–Trinajstić information content (AvgIpc) is 1.86. The molecule has 0 heterocycles. The van der Waals surface area contributed by atoms with Gasteiger partial charge in [0.05, 0.1) is 5.54 Å². The first-order chi connectivity index (χ1) is 4.90. The van der Waals surface area contributed by atoms with Gasteiger partial charge in [-0.25, -0.2) is 0 Å². The average molecular weight is 155 g/mol. The molecule has 0 fully saturated rings. The molecule has 11 heavy (non-hydrogen) atoms. The van der Waals surface area contributed by atoms with Gasteiger partial charge in [-0.1, -0.05) is 5.57 Å². The van der Waals surface area contributed by atoms with Gasteiger partial charge >= 0.3 is 0 Å².